The van der Waals surface area contributed by atoms with Gasteiger partial charge >= 0.3 is 0 Å². The van der Waals surface area contributed by atoms with Crippen molar-refractivity contribution in [2.45, 2.75) is 0 Å². The summed E-state index contributed by atoms with van der Waals surface area (Å²) in [6, 6.07) is 15.1. The molecule has 23 heavy (non-hydrogen) atoms. The van der Waals surface area contributed by atoms with Crippen molar-refractivity contribution in [2.75, 3.05) is 0 Å². The Labute approximate surface area is 142 Å². The zero-order chi connectivity index (χ0) is 16.4. The highest BCUT2D eigenvalue weighted by Crippen LogP contribution is 2.39. The van der Waals surface area contributed by atoms with Crippen molar-refractivity contribution in [3.05, 3.63) is 82.3 Å². The van der Waals surface area contributed by atoms with E-state index >= 15 is 0 Å². The van der Waals surface area contributed by atoms with Crippen LogP contribution in [0.15, 0.2) is 60.7 Å². The first-order chi connectivity index (χ1) is 11.1. The van der Waals surface area contributed by atoms with Crippen LogP contribution in [0.25, 0.3) is 11.1 Å². The summed E-state index contributed by atoms with van der Waals surface area (Å²) >= 11 is 12.1. The summed E-state index contributed by atoms with van der Waals surface area (Å²) in [6.45, 7) is 0. The Balaban J connectivity index is 2.03. The number of benzene rings is 3. The standard InChI is InChI=1S/C18H10Cl2F2O/c19-11-7-9-12(10-8-11)23-16-6-1-3-13(18(16)20)17-14(21)4-2-5-15(17)22/h1-10H. The Kier molecular flexibility index (Phi) is 4.51. The summed E-state index contributed by atoms with van der Waals surface area (Å²) in [4.78, 5) is 0. The van der Waals surface area contributed by atoms with E-state index in [0.717, 1.165) is 0 Å². The number of hydrogen-bond acceptors (Lipinski definition) is 1. The maximum atomic E-state index is 14.0. The minimum Gasteiger partial charge on any atom is -0.456 e. The van der Waals surface area contributed by atoms with Crippen molar-refractivity contribution in [3.63, 3.8) is 0 Å². The molecular formula is C18H10Cl2F2O. The van der Waals surface area contributed by atoms with Crippen molar-refractivity contribution in [3.8, 4) is 22.6 Å². The minimum absolute atomic E-state index is 0.131. The van der Waals surface area contributed by atoms with E-state index in [9.17, 15) is 8.78 Å². The summed E-state index contributed by atoms with van der Waals surface area (Å²) in [7, 11) is 0. The average Bonchev–Trinajstić information content (AvgIpc) is 2.53. The normalized spacial score (nSPS) is 10.6. The number of hydrogen-bond donors (Lipinski definition) is 0. The van der Waals surface area contributed by atoms with E-state index in [1.54, 1.807) is 42.5 Å². The van der Waals surface area contributed by atoms with Gasteiger partial charge in [-0.15, -0.1) is 0 Å². The van der Waals surface area contributed by atoms with Crippen LogP contribution in [-0.4, -0.2) is 0 Å². The molecule has 3 aromatic carbocycles. The largest absolute Gasteiger partial charge is 0.456 e. The molecule has 1 nitrogen and oxygen atoms in total. The lowest BCUT2D eigenvalue weighted by Crippen LogP contribution is -1.92. The second kappa shape index (κ2) is 6.57. The van der Waals surface area contributed by atoms with Gasteiger partial charge in [0.15, 0.2) is 0 Å². The lowest BCUT2D eigenvalue weighted by molar-refractivity contribution is 0.483. The Hall–Kier alpha value is -2.10. The first-order valence-corrected chi connectivity index (χ1v) is 7.48. The van der Waals surface area contributed by atoms with Crippen LogP contribution >= 0.6 is 23.2 Å². The van der Waals surface area contributed by atoms with E-state index in [0.29, 0.717) is 16.5 Å². The van der Waals surface area contributed by atoms with Gasteiger partial charge in [-0.2, -0.15) is 0 Å². The molecule has 0 aliphatic rings. The second-order valence-corrected chi connectivity index (χ2v) is 5.58. The highest BCUT2D eigenvalue weighted by atomic mass is 35.5. The quantitative estimate of drug-likeness (QED) is 0.508. The summed E-state index contributed by atoms with van der Waals surface area (Å²) in [5, 5.41) is 0.706. The first-order valence-electron chi connectivity index (χ1n) is 6.72. The third-order valence-corrected chi connectivity index (χ3v) is 3.88. The van der Waals surface area contributed by atoms with Crippen LogP contribution in [-0.2, 0) is 0 Å². The van der Waals surface area contributed by atoms with Gasteiger partial charge in [-0.3, -0.25) is 0 Å². The smallest absolute Gasteiger partial charge is 0.146 e. The summed E-state index contributed by atoms with van der Waals surface area (Å²) in [5.74, 6) is -0.553. The van der Waals surface area contributed by atoms with E-state index < -0.39 is 11.6 Å². The van der Waals surface area contributed by atoms with Crippen LogP contribution < -0.4 is 4.74 Å². The molecular weight excluding hydrogens is 341 g/mol. The summed E-state index contributed by atoms with van der Waals surface area (Å²) in [6.07, 6.45) is 0. The summed E-state index contributed by atoms with van der Waals surface area (Å²) < 4.78 is 33.6. The molecule has 0 unspecified atom stereocenters. The van der Waals surface area contributed by atoms with E-state index in [-0.39, 0.29) is 16.1 Å². The summed E-state index contributed by atoms with van der Waals surface area (Å²) in [5.41, 5.74) is 0.0489. The van der Waals surface area contributed by atoms with Crippen molar-refractivity contribution >= 4 is 23.2 Å². The molecule has 0 saturated heterocycles. The monoisotopic (exact) mass is 350 g/mol. The van der Waals surface area contributed by atoms with Crippen LogP contribution in [0.4, 0.5) is 8.78 Å². The lowest BCUT2D eigenvalue weighted by Gasteiger charge is -2.12. The fraction of sp³-hybridized carbons (Fsp3) is 0. The van der Waals surface area contributed by atoms with Gasteiger partial charge < -0.3 is 4.74 Å². The predicted octanol–water partition coefficient (Wildman–Crippen LogP) is 6.73. The third kappa shape index (κ3) is 3.31. The van der Waals surface area contributed by atoms with Crippen molar-refractivity contribution in [2.24, 2.45) is 0 Å². The maximum absolute atomic E-state index is 14.0. The molecule has 0 fully saturated rings. The highest BCUT2D eigenvalue weighted by Gasteiger charge is 2.17. The number of ether oxygens (including phenoxy) is 1. The molecule has 3 aromatic rings. The van der Waals surface area contributed by atoms with E-state index in [2.05, 4.69) is 0 Å². The number of halogens is 4. The molecule has 0 bridgehead atoms. The van der Waals surface area contributed by atoms with Crippen LogP contribution in [0.3, 0.4) is 0 Å². The zero-order valence-corrected chi connectivity index (χ0v) is 13.2. The van der Waals surface area contributed by atoms with Gasteiger partial charge in [0.1, 0.15) is 23.1 Å². The van der Waals surface area contributed by atoms with Crippen LogP contribution in [0, 0.1) is 11.6 Å². The van der Waals surface area contributed by atoms with Crippen LogP contribution in [0.1, 0.15) is 0 Å². The molecule has 116 valence electrons. The van der Waals surface area contributed by atoms with Gasteiger partial charge in [0.25, 0.3) is 0 Å². The van der Waals surface area contributed by atoms with Gasteiger partial charge in [0.2, 0.25) is 0 Å². The highest BCUT2D eigenvalue weighted by molar-refractivity contribution is 6.34. The van der Waals surface area contributed by atoms with Crippen LogP contribution in [0.2, 0.25) is 10.0 Å². The van der Waals surface area contributed by atoms with Gasteiger partial charge in [-0.1, -0.05) is 41.4 Å². The molecule has 0 saturated carbocycles. The Morgan fingerprint density at radius 1 is 0.739 bits per heavy atom. The van der Waals surface area contributed by atoms with E-state index in [4.69, 9.17) is 27.9 Å². The molecule has 0 spiro atoms. The van der Waals surface area contributed by atoms with Gasteiger partial charge in [0, 0.05) is 10.6 Å². The average molecular weight is 351 g/mol. The molecule has 0 N–H and O–H groups in total. The third-order valence-electron chi connectivity index (χ3n) is 3.24. The lowest BCUT2D eigenvalue weighted by atomic mass is 10.0. The van der Waals surface area contributed by atoms with Crippen molar-refractivity contribution in [1.82, 2.24) is 0 Å². The maximum Gasteiger partial charge on any atom is 0.146 e. The molecule has 0 aliphatic carbocycles. The minimum atomic E-state index is -0.685. The van der Waals surface area contributed by atoms with Gasteiger partial charge in [-0.25, -0.2) is 8.78 Å². The fourth-order valence-electron chi connectivity index (χ4n) is 2.17. The molecule has 0 atom stereocenters. The van der Waals surface area contributed by atoms with Crippen molar-refractivity contribution in [1.29, 1.82) is 0 Å². The number of rotatable bonds is 3. The molecule has 0 aliphatic heterocycles. The molecule has 0 radical (unpaired) electrons. The molecule has 0 heterocycles. The molecule has 3 rings (SSSR count). The molecule has 5 heteroatoms. The predicted molar refractivity (Wildman–Crippen MR) is 88.3 cm³/mol. The first kappa shape index (κ1) is 15.8. The topological polar surface area (TPSA) is 9.23 Å². The Morgan fingerprint density at radius 3 is 2.00 bits per heavy atom. The molecule has 0 amide bonds. The zero-order valence-electron chi connectivity index (χ0n) is 11.7. The van der Waals surface area contributed by atoms with E-state index in [1.807, 2.05) is 0 Å². The van der Waals surface area contributed by atoms with Gasteiger partial charge in [-0.05, 0) is 42.5 Å². The van der Waals surface area contributed by atoms with E-state index in [1.165, 1.54) is 18.2 Å². The SMILES string of the molecule is Fc1cccc(F)c1-c1cccc(Oc2ccc(Cl)cc2)c1Cl. The Bertz CT molecular complexity index is 828. The van der Waals surface area contributed by atoms with Gasteiger partial charge in [0.05, 0.1) is 10.6 Å². The molecule has 0 aromatic heterocycles. The van der Waals surface area contributed by atoms with Crippen LogP contribution in [0.5, 0.6) is 11.5 Å². The Morgan fingerprint density at radius 2 is 1.35 bits per heavy atom. The second-order valence-electron chi connectivity index (χ2n) is 4.77. The van der Waals surface area contributed by atoms with Crippen molar-refractivity contribution < 1.29 is 13.5 Å². The fourth-order valence-corrected chi connectivity index (χ4v) is 2.55.